The summed E-state index contributed by atoms with van der Waals surface area (Å²) in [6.45, 7) is 1.75. The van der Waals surface area contributed by atoms with Gasteiger partial charge in [-0.3, -0.25) is 4.79 Å². The van der Waals surface area contributed by atoms with Crippen LogP contribution in [0, 0.1) is 6.92 Å². The lowest BCUT2D eigenvalue weighted by Gasteiger charge is -2.10. The second-order valence-electron chi connectivity index (χ2n) is 5.20. The number of carbonyl (C=O) groups is 1. The van der Waals surface area contributed by atoms with Gasteiger partial charge < -0.3 is 14.6 Å². The molecule has 1 aromatic heterocycles. The van der Waals surface area contributed by atoms with Crippen LogP contribution in [0.15, 0.2) is 57.9 Å². The number of aromatic nitrogens is 2. The molecule has 1 amide bonds. The fraction of sp³-hybridized carbons (Fsp3) is 0.167. The van der Waals surface area contributed by atoms with Gasteiger partial charge in [-0.05, 0) is 24.3 Å². The van der Waals surface area contributed by atoms with Crippen LogP contribution in [0.5, 0.6) is 5.75 Å². The first-order chi connectivity index (χ1) is 12.2. The molecular weight excluding hydrogens is 338 g/mol. The van der Waals surface area contributed by atoms with Crippen LogP contribution in [0.2, 0.25) is 0 Å². The SMILES string of the molecule is COc1cccc(NC(=O)c2ccccc2SCc2noc(C)n2)c1. The van der Waals surface area contributed by atoms with Crippen molar-refractivity contribution in [1.82, 2.24) is 10.1 Å². The quantitative estimate of drug-likeness (QED) is 0.675. The largest absolute Gasteiger partial charge is 0.497 e. The van der Waals surface area contributed by atoms with E-state index >= 15 is 0 Å². The highest BCUT2D eigenvalue weighted by atomic mass is 32.2. The highest BCUT2D eigenvalue weighted by Crippen LogP contribution is 2.26. The molecule has 1 N–H and O–H groups in total. The molecule has 2 aromatic carbocycles. The number of anilines is 1. The first-order valence-electron chi connectivity index (χ1n) is 7.62. The first kappa shape index (κ1) is 17.0. The molecule has 0 bridgehead atoms. The molecule has 0 spiro atoms. The van der Waals surface area contributed by atoms with E-state index < -0.39 is 0 Å². The molecule has 0 fully saturated rings. The molecule has 0 aliphatic heterocycles. The lowest BCUT2D eigenvalue weighted by molar-refractivity contribution is 0.102. The summed E-state index contributed by atoms with van der Waals surface area (Å²) in [7, 11) is 1.59. The lowest BCUT2D eigenvalue weighted by Crippen LogP contribution is -2.13. The Kier molecular flexibility index (Phi) is 5.35. The van der Waals surface area contributed by atoms with Crippen molar-refractivity contribution in [3.63, 3.8) is 0 Å². The van der Waals surface area contributed by atoms with Crippen LogP contribution < -0.4 is 10.1 Å². The molecule has 1 heterocycles. The minimum atomic E-state index is -0.180. The number of nitrogens with one attached hydrogen (secondary N) is 1. The Morgan fingerprint density at radius 2 is 2.08 bits per heavy atom. The third-order valence-corrected chi connectivity index (χ3v) is 4.46. The number of methoxy groups -OCH3 is 1. The van der Waals surface area contributed by atoms with Crippen LogP contribution >= 0.6 is 11.8 Å². The number of rotatable bonds is 6. The van der Waals surface area contributed by atoms with Crippen molar-refractivity contribution < 1.29 is 14.1 Å². The van der Waals surface area contributed by atoms with Crippen LogP contribution in [0.25, 0.3) is 0 Å². The normalized spacial score (nSPS) is 10.5. The molecule has 128 valence electrons. The number of nitrogens with zero attached hydrogens (tertiary/aromatic N) is 2. The van der Waals surface area contributed by atoms with Gasteiger partial charge in [0.1, 0.15) is 5.75 Å². The molecule has 0 aliphatic rings. The number of aryl methyl sites for hydroxylation is 1. The van der Waals surface area contributed by atoms with E-state index in [-0.39, 0.29) is 5.91 Å². The number of hydrogen-bond donors (Lipinski definition) is 1. The number of thioether (sulfide) groups is 1. The van der Waals surface area contributed by atoms with Crippen LogP contribution in [-0.4, -0.2) is 23.2 Å². The molecule has 3 aromatic rings. The van der Waals surface area contributed by atoms with Gasteiger partial charge in [-0.15, -0.1) is 11.8 Å². The molecule has 0 saturated heterocycles. The Hall–Kier alpha value is -2.80. The Morgan fingerprint density at radius 3 is 2.84 bits per heavy atom. The smallest absolute Gasteiger partial charge is 0.256 e. The van der Waals surface area contributed by atoms with Gasteiger partial charge in [-0.1, -0.05) is 23.4 Å². The summed E-state index contributed by atoms with van der Waals surface area (Å²) in [5.74, 6) is 2.17. The van der Waals surface area contributed by atoms with E-state index in [1.165, 1.54) is 11.8 Å². The standard InChI is InChI=1S/C18H17N3O3S/c1-12-19-17(21-24-12)11-25-16-9-4-3-8-15(16)18(22)20-13-6-5-7-14(10-13)23-2/h3-10H,11H2,1-2H3,(H,20,22). The average Bonchev–Trinajstić information content (AvgIpc) is 3.05. The minimum Gasteiger partial charge on any atom is -0.497 e. The molecular formula is C18H17N3O3S. The third-order valence-electron chi connectivity index (χ3n) is 3.39. The molecule has 7 heteroatoms. The summed E-state index contributed by atoms with van der Waals surface area (Å²) in [5, 5.41) is 6.76. The third kappa shape index (κ3) is 4.39. The van der Waals surface area contributed by atoms with Crippen LogP contribution in [0.4, 0.5) is 5.69 Å². The minimum absolute atomic E-state index is 0.180. The highest BCUT2D eigenvalue weighted by Gasteiger charge is 2.13. The predicted molar refractivity (Wildman–Crippen MR) is 96.0 cm³/mol. The zero-order valence-electron chi connectivity index (χ0n) is 13.9. The molecule has 0 unspecified atom stereocenters. The average molecular weight is 355 g/mol. The van der Waals surface area contributed by atoms with Gasteiger partial charge in [-0.2, -0.15) is 4.98 Å². The van der Waals surface area contributed by atoms with E-state index in [1.807, 2.05) is 36.4 Å². The predicted octanol–water partition coefficient (Wildman–Crippen LogP) is 3.93. The lowest BCUT2D eigenvalue weighted by atomic mass is 10.2. The Labute approximate surface area is 149 Å². The number of ether oxygens (including phenoxy) is 1. The highest BCUT2D eigenvalue weighted by molar-refractivity contribution is 7.98. The molecule has 0 atom stereocenters. The monoisotopic (exact) mass is 355 g/mol. The maximum absolute atomic E-state index is 12.6. The molecule has 3 rings (SSSR count). The van der Waals surface area contributed by atoms with Crippen LogP contribution in [-0.2, 0) is 5.75 Å². The summed E-state index contributed by atoms with van der Waals surface area (Å²) in [5.41, 5.74) is 1.27. The topological polar surface area (TPSA) is 77.2 Å². The number of hydrogen-bond acceptors (Lipinski definition) is 6. The second-order valence-corrected chi connectivity index (χ2v) is 6.22. The maximum Gasteiger partial charge on any atom is 0.256 e. The molecule has 0 radical (unpaired) electrons. The zero-order valence-corrected chi connectivity index (χ0v) is 14.7. The molecule has 0 aliphatic carbocycles. The number of benzene rings is 2. The van der Waals surface area contributed by atoms with Crippen molar-refractivity contribution in [3.05, 3.63) is 65.8 Å². The van der Waals surface area contributed by atoms with E-state index in [4.69, 9.17) is 9.26 Å². The fourth-order valence-corrected chi connectivity index (χ4v) is 3.11. The Bertz CT molecular complexity index is 879. The van der Waals surface area contributed by atoms with Crippen molar-refractivity contribution in [2.75, 3.05) is 12.4 Å². The van der Waals surface area contributed by atoms with E-state index in [2.05, 4.69) is 15.5 Å². The van der Waals surface area contributed by atoms with E-state index in [9.17, 15) is 4.79 Å². The van der Waals surface area contributed by atoms with Crippen molar-refractivity contribution in [3.8, 4) is 5.75 Å². The first-order valence-corrected chi connectivity index (χ1v) is 8.60. The molecule has 6 nitrogen and oxygen atoms in total. The van der Waals surface area contributed by atoms with Gasteiger partial charge >= 0.3 is 0 Å². The van der Waals surface area contributed by atoms with Crippen LogP contribution in [0.3, 0.4) is 0 Å². The van der Waals surface area contributed by atoms with E-state index in [1.54, 1.807) is 26.2 Å². The van der Waals surface area contributed by atoms with Gasteiger partial charge in [0.2, 0.25) is 5.89 Å². The van der Waals surface area contributed by atoms with Gasteiger partial charge in [-0.25, -0.2) is 0 Å². The maximum atomic E-state index is 12.6. The van der Waals surface area contributed by atoms with Gasteiger partial charge in [0.15, 0.2) is 5.82 Å². The van der Waals surface area contributed by atoms with Crippen molar-refractivity contribution >= 4 is 23.4 Å². The van der Waals surface area contributed by atoms with Crippen molar-refractivity contribution in [2.45, 2.75) is 17.6 Å². The Morgan fingerprint density at radius 1 is 1.24 bits per heavy atom. The van der Waals surface area contributed by atoms with Gasteiger partial charge in [0.25, 0.3) is 5.91 Å². The van der Waals surface area contributed by atoms with E-state index in [0.29, 0.717) is 34.5 Å². The number of amides is 1. The number of carbonyl (C=O) groups excluding carboxylic acids is 1. The van der Waals surface area contributed by atoms with Gasteiger partial charge in [0, 0.05) is 23.6 Å². The zero-order chi connectivity index (χ0) is 17.6. The van der Waals surface area contributed by atoms with Gasteiger partial charge in [0.05, 0.1) is 18.4 Å². The second kappa shape index (κ2) is 7.85. The summed E-state index contributed by atoms with van der Waals surface area (Å²) >= 11 is 1.49. The summed E-state index contributed by atoms with van der Waals surface area (Å²) in [4.78, 5) is 17.7. The summed E-state index contributed by atoms with van der Waals surface area (Å²) < 4.78 is 10.1. The van der Waals surface area contributed by atoms with Crippen molar-refractivity contribution in [1.29, 1.82) is 0 Å². The van der Waals surface area contributed by atoms with Crippen LogP contribution in [0.1, 0.15) is 22.1 Å². The summed E-state index contributed by atoms with van der Waals surface area (Å²) in [6.07, 6.45) is 0. The summed E-state index contributed by atoms with van der Waals surface area (Å²) in [6, 6.07) is 14.7. The van der Waals surface area contributed by atoms with Crippen molar-refractivity contribution in [2.24, 2.45) is 0 Å². The fourth-order valence-electron chi connectivity index (χ4n) is 2.22. The van der Waals surface area contributed by atoms with E-state index in [0.717, 1.165) is 4.90 Å². The molecule has 0 saturated carbocycles. The molecule has 25 heavy (non-hydrogen) atoms. The Balaban J connectivity index is 1.73.